The predicted molar refractivity (Wildman–Crippen MR) is 84.8 cm³/mol. The van der Waals surface area contributed by atoms with Crippen LogP contribution in [0.4, 0.5) is 5.82 Å². The standard InChI is InChI=1S/C14H15BrClN5/c1-8-5-19-21(20-8)9-2-3-14(4-9)7-18-13-11(14)12(16)10(15)6-17-13/h5-6,9H,2-4,7H2,1H3,(H,17,18)/t9-,14-/m0/s1. The second-order valence-corrected chi connectivity index (χ2v) is 7.21. The Morgan fingerprint density at radius 2 is 2.33 bits per heavy atom. The molecule has 0 saturated heterocycles. The van der Waals surface area contributed by atoms with E-state index in [1.807, 2.05) is 17.9 Å². The number of rotatable bonds is 1. The molecule has 0 bridgehead atoms. The van der Waals surface area contributed by atoms with Crippen molar-refractivity contribution in [3.63, 3.8) is 0 Å². The van der Waals surface area contributed by atoms with E-state index in [1.165, 1.54) is 0 Å². The van der Waals surface area contributed by atoms with Gasteiger partial charge < -0.3 is 5.32 Å². The van der Waals surface area contributed by atoms with Crippen molar-refractivity contribution in [3.05, 3.63) is 33.1 Å². The van der Waals surface area contributed by atoms with Crippen LogP contribution >= 0.6 is 27.5 Å². The van der Waals surface area contributed by atoms with Crippen molar-refractivity contribution >= 4 is 33.3 Å². The van der Waals surface area contributed by atoms with E-state index < -0.39 is 0 Å². The quantitative estimate of drug-likeness (QED) is 0.837. The molecule has 1 N–H and O–H groups in total. The highest BCUT2D eigenvalue weighted by Crippen LogP contribution is 2.53. The second-order valence-electron chi connectivity index (χ2n) is 5.98. The van der Waals surface area contributed by atoms with Crippen LogP contribution in [0, 0.1) is 6.92 Å². The van der Waals surface area contributed by atoms with Gasteiger partial charge in [-0.1, -0.05) is 11.6 Å². The predicted octanol–water partition coefficient (Wildman–Crippen LogP) is 3.49. The molecule has 2 aromatic rings. The Labute approximate surface area is 136 Å². The third-order valence-electron chi connectivity index (χ3n) is 4.63. The minimum atomic E-state index is 0.0510. The van der Waals surface area contributed by atoms with Gasteiger partial charge in [-0.15, -0.1) is 0 Å². The molecule has 2 atom stereocenters. The van der Waals surface area contributed by atoms with Crippen molar-refractivity contribution in [2.45, 2.75) is 37.6 Å². The molecule has 5 nitrogen and oxygen atoms in total. The number of fused-ring (bicyclic) bond motifs is 2. The van der Waals surface area contributed by atoms with Crippen molar-refractivity contribution < 1.29 is 0 Å². The number of halogens is 2. The van der Waals surface area contributed by atoms with Gasteiger partial charge in [0, 0.05) is 23.7 Å². The maximum Gasteiger partial charge on any atom is 0.131 e. The summed E-state index contributed by atoms with van der Waals surface area (Å²) in [4.78, 5) is 6.32. The van der Waals surface area contributed by atoms with Crippen molar-refractivity contribution in [2.75, 3.05) is 11.9 Å². The van der Waals surface area contributed by atoms with Gasteiger partial charge in [-0.25, -0.2) is 4.98 Å². The first kappa shape index (κ1) is 13.5. The molecule has 4 rings (SSSR count). The number of anilines is 1. The third-order valence-corrected chi connectivity index (χ3v) is 5.85. The van der Waals surface area contributed by atoms with Crippen LogP contribution < -0.4 is 5.32 Å². The Morgan fingerprint density at radius 3 is 3.10 bits per heavy atom. The molecular formula is C14H15BrClN5. The zero-order valence-electron chi connectivity index (χ0n) is 11.6. The average Bonchev–Trinajstić information content (AvgIpc) is 3.15. The minimum absolute atomic E-state index is 0.0510. The molecule has 2 aromatic heterocycles. The normalized spacial score (nSPS) is 27.1. The molecule has 0 amide bonds. The van der Waals surface area contributed by atoms with Gasteiger partial charge in [0.05, 0.1) is 27.4 Å². The summed E-state index contributed by atoms with van der Waals surface area (Å²) in [6, 6.07) is 0.335. The van der Waals surface area contributed by atoms with Gasteiger partial charge in [0.15, 0.2) is 0 Å². The van der Waals surface area contributed by atoms with Crippen LogP contribution in [0.25, 0.3) is 0 Å². The van der Waals surface area contributed by atoms with Gasteiger partial charge in [-0.3, -0.25) is 0 Å². The molecule has 110 valence electrons. The summed E-state index contributed by atoms with van der Waals surface area (Å²) in [5, 5.41) is 13.0. The van der Waals surface area contributed by atoms with E-state index in [0.717, 1.165) is 52.4 Å². The van der Waals surface area contributed by atoms with E-state index in [-0.39, 0.29) is 5.41 Å². The van der Waals surface area contributed by atoms with E-state index in [1.54, 1.807) is 6.20 Å². The Hall–Kier alpha value is -1.14. The molecule has 1 spiro atoms. The topological polar surface area (TPSA) is 55.6 Å². The number of nitrogens with one attached hydrogen (secondary N) is 1. The molecule has 0 radical (unpaired) electrons. The first-order chi connectivity index (χ1) is 10.1. The van der Waals surface area contributed by atoms with Crippen molar-refractivity contribution in [2.24, 2.45) is 0 Å². The lowest BCUT2D eigenvalue weighted by Gasteiger charge is -2.24. The summed E-state index contributed by atoms with van der Waals surface area (Å²) in [5.41, 5.74) is 2.17. The van der Waals surface area contributed by atoms with E-state index in [2.05, 4.69) is 36.4 Å². The van der Waals surface area contributed by atoms with E-state index in [9.17, 15) is 0 Å². The lowest BCUT2D eigenvalue weighted by atomic mass is 9.81. The van der Waals surface area contributed by atoms with Gasteiger partial charge >= 0.3 is 0 Å². The first-order valence-corrected chi connectivity index (χ1v) is 8.23. The molecular weight excluding hydrogens is 354 g/mol. The second kappa shape index (κ2) is 4.68. The first-order valence-electron chi connectivity index (χ1n) is 7.06. The number of aromatic nitrogens is 4. The zero-order valence-corrected chi connectivity index (χ0v) is 13.9. The van der Waals surface area contributed by atoms with Crippen molar-refractivity contribution in [1.82, 2.24) is 20.0 Å². The lowest BCUT2D eigenvalue weighted by molar-refractivity contribution is 0.382. The fraction of sp³-hybridized carbons (Fsp3) is 0.500. The number of aryl methyl sites for hydroxylation is 1. The lowest BCUT2D eigenvalue weighted by Crippen LogP contribution is -2.26. The summed E-state index contributed by atoms with van der Waals surface area (Å²) >= 11 is 10.0. The maximum atomic E-state index is 6.54. The summed E-state index contributed by atoms with van der Waals surface area (Å²) < 4.78 is 0.863. The largest absolute Gasteiger partial charge is 0.369 e. The summed E-state index contributed by atoms with van der Waals surface area (Å²) in [7, 11) is 0. The number of hydrogen-bond donors (Lipinski definition) is 1. The molecule has 0 aromatic carbocycles. The van der Waals surface area contributed by atoms with Crippen LogP contribution in [0.2, 0.25) is 5.02 Å². The van der Waals surface area contributed by atoms with Crippen LogP contribution in [0.1, 0.15) is 36.6 Å². The monoisotopic (exact) mass is 367 g/mol. The van der Waals surface area contributed by atoms with E-state index >= 15 is 0 Å². The molecule has 0 unspecified atom stereocenters. The Balaban J connectivity index is 1.72. The van der Waals surface area contributed by atoms with Gasteiger partial charge in [0.1, 0.15) is 5.82 Å². The number of nitrogens with zero attached hydrogens (tertiary/aromatic N) is 4. The van der Waals surface area contributed by atoms with Gasteiger partial charge in [-0.2, -0.15) is 15.0 Å². The molecule has 7 heteroatoms. The molecule has 1 aliphatic carbocycles. The zero-order chi connectivity index (χ0) is 14.6. The highest BCUT2D eigenvalue weighted by atomic mass is 79.9. The molecule has 1 saturated carbocycles. The summed E-state index contributed by atoms with van der Waals surface area (Å²) in [6.45, 7) is 2.86. The Kier molecular flexibility index (Phi) is 3.01. The molecule has 21 heavy (non-hydrogen) atoms. The minimum Gasteiger partial charge on any atom is -0.369 e. The van der Waals surface area contributed by atoms with Crippen molar-refractivity contribution in [3.8, 4) is 0 Å². The van der Waals surface area contributed by atoms with Crippen LogP contribution in [0.3, 0.4) is 0 Å². The average molecular weight is 369 g/mol. The molecule has 1 fully saturated rings. The number of pyridine rings is 1. The Bertz CT molecular complexity index is 715. The molecule has 2 aliphatic rings. The number of hydrogen-bond acceptors (Lipinski definition) is 4. The SMILES string of the molecule is Cc1cnn([C@H]2CC[C@@]3(CNc4ncc(Br)c(Cl)c43)C2)n1. The fourth-order valence-corrected chi connectivity index (χ4v) is 4.28. The van der Waals surface area contributed by atoms with Crippen LogP contribution in [-0.4, -0.2) is 26.5 Å². The van der Waals surface area contributed by atoms with E-state index in [0.29, 0.717) is 6.04 Å². The smallest absolute Gasteiger partial charge is 0.131 e. The summed E-state index contributed by atoms with van der Waals surface area (Å²) in [5.74, 6) is 0.924. The van der Waals surface area contributed by atoms with Gasteiger partial charge in [-0.05, 0) is 42.1 Å². The van der Waals surface area contributed by atoms with Gasteiger partial charge in [0.2, 0.25) is 0 Å². The maximum absolute atomic E-state index is 6.54. The van der Waals surface area contributed by atoms with Crippen LogP contribution in [-0.2, 0) is 5.41 Å². The molecule has 1 aliphatic heterocycles. The Morgan fingerprint density at radius 1 is 1.48 bits per heavy atom. The van der Waals surface area contributed by atoms with Crippen LogP contribution in [0.15, 0.2) is 16.9 Å². The van der Waals surface area contributed by atoms with Crippen LogP contribution in [0.5, 0.6) is 0 Å². The third kappa shape index (κ3) is 1.99. The molecule has 3 heterocycles. The fourth-order valence-electron chi connectivity index (χ4n) is 3.64. The van der Waals surface area contributed by atoms with Crippen molar-refractivity contribution in [1.29, 1.82) is 0 Å². The highest BCUT2D eigenvalue weighted by molar-refractivity contribution is 9.10. The van der Waals surface area contributed by atoms with E-state index in [4.69, 9.17) is 11.6 Å². The highest BCUT2D eigenvalue weighted by Gasteiger charge is 2.48. The summed E-state index contributed by atoms with van der Waals surface area (Å²) in [6.07, 6.45) is 6.72. The van der Waals surface area contributed by atoms with Gasteiger partial charge in [0.25, 0.3) is 0 Å².